The van der Waals surface area contributed by atoms with Crippen LogP contribution >= 0.6 is 35.6 Å². The van der Waals surface area contributed by atoms with Crippen molar-refractivity contribution in [2.45, 2.75) is 31.4 Å². The van der Waals surface area contributed by atoms with E-state index in [4.69, 9.17) is 27.9 Å². The van der Waals surface area contributed by atoms with Crippen LogP contribution in [0.1, 0.15) is 31.4 Å². The van der Waals surface area contributed by atoms with Gasteiger partial charge in [0.25, 0.3) is 5.91 Å². The molecule has 1 aromatic carbocycles. The maximum Gasteiger partial charge on any atom is 0.252 e. The van der Waals surface area contributed by atoms with Gasteiger partial charge in [-0.3, -0.25) is 4.79 Å². The van der Waals surface area contributed by atoms with Crippen LogP contribution in [-0.4, -0.2) is 31.7 Å². The predicted molar refractivity (Wildman–Crippen MR) is 92.1 cm³/mol. The summed E-state index contributed by atoms with van der Waals surface area (Å²) in [6.07, 6.45) is 1.34. The lowest BCUT2D eigenvalue weighted by Gasteiger charge is -2.35. The molecule has 0 radical (unpaired) electrons. The van der Waals surface area contributed by atoms with Crippen LogP contribution in [-0.2, 0) is 9.53 Å². The number of carbonyl (C=O) groups is 1. The molecule has 4 nitrogen and oxygen atoms in total. The van der Waals surface area contributed by atoms with Crippen molar-refractivity contribution < 1.29 is 9.53 Å². The van der Waals surface area contributed by atoms with Gasteiger partial charge in [0.05, 0.1) is 16.1 Å². The van der Waals surface area contributed by atoms with Gasteiger partial charge >= 0.3 is 0 Å². The first kappa shape index (κ1) is 19.5. The highest BCUT2D eigenvalue weighted by Gasteiger charge is 2.40. The Morgan fingerprint density at radius 1 is 1.32 bits per heavy atom. The molecule has 1 aliphatic rings. The average molecular weight is 368 g/mol. The normalized spacial score (nSPS) is 18.2. The molecule has 1 atom stereocenters. The molecular formula is C15H21Cl3N2O2. The van der Waals surface area contributed by atoms with E-state index in [9.17, 15) is 4.79 Å². The fourth-order valence-corrected chi connectivity index (χ4v) is 2.85. The van der Waals surface area contributed by atoms with Crippen molar-refractivity contribution in [3.05, 3.63) is 33.8 Å². The first-order chi connectivity index (χ1) is 9.98. The Kier molecular flexibility index (Phi) is 7.42. The second-order valence-corrected chi connectivity index (χ2v) is 6.13. The first-order valence-corrected chi connectivity index (χ1v) is 7.76. The van der Waals surface area contributed by atoms with E-state index in [0.717, 1.165) is 18.7 Å². The number of ether oxygens (including phenoxy) is 1. The lowest BCUT2D eigenvalue weighted by atomic mass is 9.90. The summed E-state index contributed by atoms with van der Waals surface area (Å²) in [5, 5.41) is 7.24. The summed E-state index contributed by atoms with van der Waals surface area (Å²) in [6.45, 7) is 3.48. The molecule has 0 aromatic heterocycles. The smallest absolute Gasteiger partial charge is 0.252 e. The number of rotatable bonds is 4. The second-order valence-electron chi connectivity index (χ2n) is 5.32. The summed E-state index contributed by atoms with van der Waals surface area (Å²) in [5.74, 6) is -0.0786. The van der Waals surface area contributed by atoms with Crippen LogP contribution in [0.2, 0.25) is 10.0 Å². The Morgan fingerprint density at radius 3 is 2.50 bits per heavy atom. The van der Waals surface area contributed by atoms with E-state index in [2.05, 4.69) is 10.6 Å². The van der Waals surface area contributed by atoms with Crippen molar-refractivity contribution in [3.8, 4) is 0 Å². The molecule has 7 heteroatoms. The number of methoxy groups -OCH3 is 1. The van der Waals surface area contributed by atoms with Gasteiger partial charge in [0, 0.05) is 7.11 Å². The number of nitrogens with one attached hydrogen (secondary N) is 2. The third-order valence-corrected chi connectivity index (χ3v) is 4.75. The molecule has 22 heavy (non-hydrogen) atoms. The number of amides is 1. The minimum absolute atomic E-state index is 0. The monoisotopic (exact) mass is 366 g/mol. The molecule has 1 saturated heterocycles. The topological polar surface area (TPSA) is 50.4 Å². The van der Waals surface area contributed by atoms with Crippen LogP contribution in [0.25, 0.3) is 0 Å². The van der Waals surface area contributed by atoms with E-state index < -0.39 is 5.60 Å². The third-order valence-electron chi connectivity index (χ3n) is 4.01. The van der Waals surface area contributed by atoms with Gasteiger partial charge in [0.2, 0.25) is 0 Å². The Labute approximate surface area is 147 Å². The quantitative estimate of drug-likeness (QED) is 0.858. The number of hydrogen-bond donors (Lipinski definition) is 2. The van der Waals surface area contributed by atoms with Crippen LogP contribution in [0.5, 0.6) is 0 Å². The largest absolute Gasteiger partial charge is 0.368 e. The molecule has 1 aliphatic heterocycles. The molecule has 0 bridgehead atoms. The third kappa shape index (κ3) is 4.27. The molecule has 1 unspecified atom stereocenters. The van der Waals surface area contributed by atoms with Gasteiger partial charge in [-0.1, -0.05) is 29.3 Å². The number of carbonyl (C=O) groups excluding carboxylic acids is 1. The lowest BCUT2D eigenvalue weighted by molar-refractivity contribution is -0.147. The summed E-state index contributed by atoms with van der Waals surface area (Å²) < 4.78 is 5.52. The Balaban J connectivity index is 0.00000242. The fraction of sp³-hybridized carbons (Fsp3) is 0.533. The second kappa shape index (κ2) is 8.37. The molecule has 0 aliphatic carbocycles. The molecule has 1 amide bonds. The van der Waals surface area contributed by atoms with E-state index in [1.807, 2.05) is 13.0 Å². The Morgan fingerprint density at radius 2 is 1.95 bits per heavy atom. The summed E-state index contributed by atoms with van der Waals surface area (Å²) in [5.41, 5.74) is 0.174. The highest BCUT2D eigenvalue weighted by molar-refractivity contribution is 6.42. The molecule has 0 spiro atoms. The highest BCUT2D eigenvalue weighted by Crippen LogP contribution is 2.27. The van der Waals surface area contributed by atoms with E-state index >= 15 is 0 Å². The molecule has 124 valence electrons. The van der Waals surface area contributed by atoms with Crippen LogP contribution in [0.4, 0.5) is 0 Å². The number of halogens is 3. The van der Waals surface area contributed by atoms with Crippen molar-refractivity contribution in [1.82, 2.24) is 10.6 Å². The summed E-state index contributed by atoms with van der Waals surface area (Å²) in [4.78, 5) is 12.6. The van der Waals surface area contributed by atoms with Crippen LogP contribution in [0.15, 0.2) is 18.2 Å². The lowest BCUT2D eigenvalue weighted by Crippen LogP contribution is -2.54. The average Bonchev–Trinajstić information content (AvgIpc) is 2.50. The molecule has 1 heterocycles. The maximum absolute atomic E-state index is 12.6. The van der Waals surface area contributed by atoms with E-state index in [0.29, 0.717) is 22.9 Å². The fourth-order valence-electron chi connectivity index (χ4n) is 2.55. The summed E-state index contributed by atoms with van der Waals surface area (Å²) in [7, 11) is 1.59. The first-order valence-electron chi connectivity index (χ1n) is 7.00. The molecule has 1 fully saturated rings. The number of benzene rings is 1. The van der Waals surface area contributed by atoms with Gasteiger partial charge in [0.15, 0.2) is 0 Å². The van der Waals surface area contributed by atoms with Crippen LogP contribution in [0, 0.1) is 0 Å². The summed E-state index contributed by atoms with van der Waals surface area (Å²) >= 11 is 11.9. The molecule has 0 saturated carbocycles. The van der Waals surface area contributed by atoms with Gasteiger partial charge in [0.1, 0.15) is 5.60 Å². The van der Waals surface area contributed by atoms with Gasteiger partial charge in [-0.2, -0.15) is 0 Å². The Bertz CT molecular complexity index is 520. The zero-order valence-electron chi connectivity index (χ0n) is 12.6. The van der Waals surface area contributed by atoms with Crippen molar-refractivity contribution in [3.63, 3.8) is 0 Å². The van der Waals surface area contributed by atoms with Crippen molar-refractivity contribution in [2.24, 2.45) is 0 Å². The highest BCUT2D eigenvalue weighted by atomic mass is 35.5. The zero-order chi connectivity index (χ0) is 15.5. The van der Waals surface area contributed by atoms with Gasteiger partial charge in [-0.15, -0.1) is 12.4 Å². The molecular weight excluding hydrogens is 347 g/mol. The summed E-state index contributed by atoms with van der Waals surface area (Å²) in [6, 6.07) is 5.21. The SMILES string of the molecule is COC1(C(=O)NC(C)c2ccc(Cl)c(Cl)c2)CCNCC1.Cl. The molecule has 2 N–H and O–H groups in total. The number of hydrogen-bond acceptors (Lipinski definition) is 3. The minimum atomic E-state index is -0.740. The van der Waals surface area contributed by atoms with E-state index in [1.165, 1.54) is 0 Å². The zero-order valence-corrected chi connectivity index (χ0v) is 14.9. The van der Waals surface area contributed by atoms with Crippen LogP contribution in [0.3, 0.4) is 0 Å². The van der Waals surface area contributed by atoms with E-state index in [-0.39, 0.29) is 24.4 Å². The minimum Gasteiger partial charge on any atom is -0.368 e. The van der Waals surface area contributed by atoms with Crippen LogP contribution < -0.4 is 10.6 Å². The maximum atomic E-state index is 12.6. The van der Waals surface area contributed by atoms with Crippen molar-refractivity contribution >= 4 is 41.5 Å². The standard InChI is InChI=1S/C15H20Cl2N2O2.ClH/c1-10(11-3-4-12(16)13(17)9-11)19-14(20)15(21-2)5-7-18-8-6-15;/h3-4,9-10,18H,5-8H2,1-2H3,(H,19,20);1H. The van der Waals surface area contributed by atoms with Gasteiger partial charge < -0.3 is 15.4 Å². The number of piperidine rings is 1. The van der Waals surface area contributed by atoms with Crippen molar-refractivity contribution in [2.75, 3.05) is 20.2 Å². The van der Waals surface area contributed by atoms with E-state index in [1.54, 1.807) is 19.2 Å². The Hall–Kier alpha value is -0.520. The molecule has 1 aromatic rings. The van der Waals surface area contributed by atoms with Crippen molar-refractivity contribution in [1.29, 1.82) is 0 Å². The molecule has 2 rings (SSSR count). The van der Waals surface area contributed by atoms with Gasteiger partial charge in [-0.25, -0.2) is 0 Å². The van der Waals surface area contributed by atoms with Gasteiger partial charge in [-0.05, 0) is 50.6 Å². The predicted octanol–water partition coefficient (Wildman–Crippen LogP) is 3.36.